The highest BCUT2D eigenvalue weighted by Crippen LogP contribution is 2.42. The first-order chi connectivity index (χ1) is 7.79. The van der Waals surface area contributed by atoms with Gasteiger partial charge in [0.15, 0.2) is 0 Å². The molecule has 0 heterocycles. The number of hydrogen-bond acceptors (Lipinski definition) is 1. The Hall–Kier alpha value is -0.820. The van der Waals surface area contributed by atoms with E-state index in [0.717, 1.165) is 11.4 Å². The van der Waals surface area contributed by atoms with Crippen LogP contribution in [0.4, 0.5) is 0 Å². The molecule has 1 aromatic carbocycles. The number of aliphatic imine (C=N–C) groups is 1. The second-order valence-corrected chi connectivity index (χ2v) is 5.31. The summed E-state index contributed by atoms with van der Waals surface area (Å²) < 4.78 is 0. The average Bonchev–Trinajstić information content (AvgIpc) is 2.28. The van der Waals surface area contributed by atoms with E-state index in [4.69, 9.17) is 11.6 Å². The van der Waals surface area contributed by atoms with Crippen molar-refractivity contribution < 1.29 is 0 Å². The van der Waals surface area contributed by atoms with Crippen molar-refractivity contribution in [2.75, 3.05) is 7.05 Å². The van der Waals surface area contributed by atoms with E-state index in [1.165, 1.54) is 36.1 Å². The standard InChI is InChI=1S/C14H16ClN/c1-16-14-9-3-2-4-13(14)12-6-5-11(15)8-10(12)7-9/h5-6,8-9,13H,2-4,7H2,1H3. The van der Waals surface area contributed by atoms with Gasteiger partial charge in [-0.25, -0.2) is 0 Å². The molecule has 84 valence electrons. The van der Waals surface area contributed by atoms with E-state index in [2.05, 4.69) is 17.1 Å². The van der Waals surface area contributed by atoms with Crippen LogP contribution in [0.25, 0.3) is 0 Å². The fourth-order valence-corrected chi connectivity index (χ4v) is 3.56. The molecule has 2 heteroatoms. The summed E-state index contributed by atoms with van der Waals surface area (Å²) in [5, 5.41) is 0.869. The highest BCUT2D eigenvalue weighted by molar-refractivity contribution is 6.30. The van der Waals surface area contributed by atoms with Gasteiger partial charge in [-0.05, 0) is 42.5 Å². The summed E-state index contributed by atoms with van der Waals surface area (Å²) in [7, 11) is 1.95. The average molecular weight is 234 g/mol. The normalized spacial score (nSPS) is 30.2. The Kier molecular flexibility index (Phi) is 2.51. The van der Waals surface area contributed by atoms with Gasteiger partial charge >= 0.3 is 0 Å². The third-order valence-corrected chi connectivity index (χ3v) is 4.26. The summed E-state index contributed by atoms with van der Waals surface area (Å²) in [6, 6.07) is 6.37. The molecule has 2 unspecified atom stereocenters. The van der Waals surface area contributed by atoms with Crippen molar-refractivity contribution in [3.63, 3.8) is 0 Å². The van der Waals surface area contributed by atoms with Gasteiger partial charge in [-0.3, -0.25) is 4.99 Å². The third-order valence-electron chi connectivity index (χ3n) is 4.03. The first kappa shape index (κ1) is 10.3. The summed E-state index contributed by atoms with van der Waals surface area (Å²) in [5.41, 5.74) is 4.36. The molecule has 0 spiro atoms. The Morgan fingerprint density at radius 2 is 2.19 bits per heavy atom. The zero-order valence-corrected chi connectivity index (χ0v) is 10.3. The van der Waals surface area contributed by atoms with Crippen LogP contribution in [0.5, 0.6) is 0 Å². The highest BCUT2D eigenvalue weighted by Gasteiger charge is 2.35. The van der Waals surface area contributed by atoms with Crippen molar-refractivity contribution in [1.29, 1.82) is 0 Å². The molecule has 0 radical (unpaired) electrons. The number of nitrogens with zero attached hydrogens (tertiary/aromatic N) is 1. The predicted octanol–water partition coefficient (Wildman–Crippen LogP) is 3.85. The molecular formula is C14H16ClN. The molecule has 0 amide bonds. The minimum absolute atomic E-state index is 0.574. The van der Waals surface area contributed by atoms with Gasteiger partial charge < -0.3 is 0 Å². The van der Waals surface area contributed by atoms with Crippen LogP contribution in [-0.2, 0) is 6.42 Å². The molecule has 0 aliphatic heterocycles. The van der Waals surface area contributed by atoms with Gasteiger partial charge in [-0.1, -0.05) is 24.1 Å². The van der Waals surface area contributed by atoms with Crippen LogP contribution in [-0.4, -0.2) is 12.8 Å². The molecule has 3 rings (SSSR count). The Morgan fingerprint density at radius 1 is 1.31 bits per heavy atom. The van der Waals surface area contributed by atoms with Gasteiger partial charge in [0.25, 0.3) is 0 Å². The molecule has 1 saturated carbocycles. The number of fused-ring (bicyclic) bond motifs is 4. The highest BCUT2D eigenvalue weighted by atomic mass is 35.5. The zero-order valence-electron chi connectivity index (χ0n) is 9.54. The van der Waals surface area contributed by atoms with Crippen LogP contribution < -0.4 is 0 Å². The van der Waals surface area contributed by atoms with Gasteiger partial charge in [-0.2, -0.15) is 0 Å². The van der Waals surface area contributed by atoms with Crippen LogP contribution >= 0.6 is 11.6 Å². The largest absolute Gasteiger partial charge is 0.297 e. The molecular weight excluding hydrogens is 218 g/mol. The second-order valence-electron chi connectivity index (χ2n) is 4.88. The number of benzene rings is 1. The first-order valence-corrected chi connectivity index (χ1v) is 6.42. The quantitative estimate of drug-likeness (QED) is 0.646. The lowest BCUT2D eigenvalue weighted by molar-refractivity contribution is 0.471. The third kappa shape index (κ3) is 1.49. The molecule has 2 aliphatic carbocycles. The van der Waals surface area contributed by atoms with Gasteiger partial charge in [-0.15, -0.1) is 0 Å². The lowest BCUT2D eigenvalue weighted by Gasteiger charge is -2.37. The number of halogens is 1. The second kappa shape index (κ2) is 3.89. The van der Waals surface area contributed by atoms with Crippen LogP contribution in [0.15, 0.2) is 23.2 Å². The van der Waals surface area contributed by atoms with E-state index < -0.39 is 0 Å². The summed E-state index contributed by atoms with van der Waals surface area (Å²) in [6.07, 6.45) is 5.04. The summed E-state index contributed by atoms with van der Waals surface area (Å²) in [5.74, 6) is 1.25. The first-order valence-electron chi connectivity index (χ1n) is 6.04. The predicted molar refractivity (Wildman–Crippen MR) is 68.6 cm³/mol. The molecule has 1 fully saturated rings. The van der Waals surface area contributed by atoms with Crippen LogP contribution in [0.3, 0.4) is 0 Å². The fourth-order valence-electron chi connectivity index (χ4n) is 3.37. The molecule has 0 saturated heterocycles. The number of rotatable bonds is 0. The molecule has 1 aromatic rings. The maximum absolute atomic E-state index is 6.07. The molecule has 2 atom stereocenters. The van der Waals surface area contributed by atoms with Crippen LogP contribution in [0, 0.1) is 5.92 Å². The van der Waals surface area contributed by atoms with E-state index >= 15 is 0 Å². The molecule has 0 N–H and O–H groups in total. The lowest BCUT2D eigenvalue weighted by atomic mass is 9.68. The van der Waals surface area contributed by atoms with Gasteiger partial charge in [0.1, 0.15) is 0 Å². The summed E-state index contributed by atoms with van der Waals surface area (Å²) >= 11 is 6.07. The Bertz CT molecular complexity index is 450. The molecule has 2 bridgehead atoms. The molecule has 16 heavy (non-hydrogen) atoms. The molecule has 1 nitrogen and oxygen atoms in total. The summed E-state index contributed by atoms with van der Waals surface area (Å²) in [6.45, 7) is 0. The van der Waals surface area contributed by atoms with Gasteiger partial charge in [0.05, 0.1) is 0 Å². The van der Waals surface area contributed by atoms with Gasteiger partial charge in [0.2, 0.25) is 0 Å². The lowest BCUT2D eigenvalue weighted by Crippen LogP contribution is -2.33. The van der Waals surface area contributed by atoms with E-state index in [0.29, 0.717) is 11.8 Å². The van der Waals surface area contributed by atoms with Crippen LogP contribution in [0.1, 0.15) is 36.3 Å². The fraction of sp³-hybridized carbons (Fsp3) is 0.500. The van der Waals surface area contributed by atoms with E-state index in [9.17, 15) is 0 Å². The van der Waals surface area contributed by atoms with E-state index in [1.807, 2.05) is 13.1 Å². The van der Waals surface area contributed by atoms with E-state index in [-0.39, 0.29) is 0 Å². The Morgan fingerprint density at radius 3 is 3.00 bits per heavy atom. The van der Waals surface area contributed by atoms with Crippen molar-refractivity contribution in [2.24, 2.45) is 10.9 Å². The van der Waals surface area contributed by atoms with Crippen molar-refractivity contribution in [2.45, 2.75) is 31.6 Å². The van der Waals surface area contributed by atoms with Crippen molar-refractivity contribution in [1.82, 2.24) is 0 Å². The van der Waals surface area contributed by atoms with Crippen molar-refractivity contribution >= 4 is 17.3 Å². The van der Waals surface area contributed by atoms with Crippen LogP contribution in [0.2, 0.25) is 5.02 Å². The van der Waals surface area contributed by atoms with Crippen molar-refractivity contribution in [3.05, 3.63) is 34.3 Å². The molecule has 2 aliphatic rings. The van der Waals surface area contributed by atoms with Crippen molar-refractivity contribution in [3.8, 4) is 0 Å². The Labute approximate surface area is 102 Å². The van der Waals surface area contributed by atoms with Gasteiger partial charge in [0, 0.05) is 29.6 Å². The Balaban J connectivity index is 2.12. The maximum atomic E-state index is 6.07. The molecule has 0 aromatic heterocycles. The van der Waals surface area contributed by atoms with E-state index in [1.54, 1.807) is 0 Å². The minimum Gasteiger partial charge on any atom is -0.297 e. The summed E-state index contributed by atoms with van der Waals surface area (Å²) in [4.78, 5) is 4.54. The monoisotopic (exact) mass is 233 g/mol. The topological polar surface area (TPSA) is 12.4 Å². The smallest absolute Gasteiger partial charge is 0.0408 e. The SMILES string of the molecule is CN=C1C2CCCC1c1ccc(Cl)cc1C2. The zero-order chi connectivity index (χ0) is 11.1. The minimum atomic E-state index is 0.574. The maximum Gasteiger partial charge on any atom is 0.0408 e. The number of hydrogen-bond donors (Lipinski definition) is 0.